The SMILES string of the molecule is C/C=C/C=C(/C)C(=O)O[C@@H]1[C@@H](O)[C@H](OC[C@@]23C[C@@H]4[C@H](C)CC[C@H]4[C@@]4(C=O)C[C@@H]2C=C(C(C)C)[C@@]34C(=O)O)O[C@@H](C)[C@H]1OC. The molecule has 0 unspecified atom stereocenters. The quantitative estimate of drug-likeness (QED) is 0.123. The van der Waals surface area contributed by atoms with Gasteiger partial charge < -0.3 is 34.0 Å². The number of aliphatic carboxylic acids is 1. The largest absolute Gasteiger partial charge is 0.481 e. The zero-order valence-corrected chi connectivity index (χ0v) is 26.4. The number of aliphatic hydroxyl groups excluding tert-OH is 1. The van der Waals surface area contributed by atoms with Gasteiger partial charge in [0.1, 0.15) is 23.9 Å². The lowest BCUT2D eigenvalue weighted by Gasteiger charge is -2.58. The number of carbonyl (C=O) groups excluding carboxylic acids is 2. The molecule has 2 N–H and O–H groups in total. The van der Waals surface area contributed by atoms with E-state index in [0.717, 1.165) is 24.7 Å². The van der Waals surface area contributed by atoms with Crippen LogP contribution in [-0.2, 0) is 33.3 Å². The summed E-state index contributed by atoms with van der Waals surface area (Å²) >= 11 is 0. The number of allylic oxidation sites excluding steroid dienone is 4. The highest BCUT2D eigenvalue weighted by atomic mass is 16.7. The third-order valence-corrected chi connectivity index (χ3v) is 11.8. The highest BCUT2D eigenvalue weighted by molar-refractivity contribution is 5.90. The van der Waals surface area contributed by atoms with Crippen LogP contribution < -0.4 is 0 Å². The number of hydrogen-bond donors (Lipinski definition) is 2. The summed E-state index contributed by atoms with van der Waals surface area (Å²) in [6.07, 6.45) is 6.21. The van der Waals surface area contributed by atoms with E-state index in [1.807, 2.05) is 20.8 Å². The first-order valence-electron chi connectivity index (χ1n) is 15.8. The van der Waals surface area contributed by atoms with Crippen molar-refractivity contribution in [2.24, 2.45) is 45.8 Å². The number of carbonyl (C=O) groups is 3. The highest BCUT2D eigenvalue weighted by Gasteiger charge is 2.84. The molecule has 1 saturated heterocycles. The van der Waals surface area contributed by atoms with Gasteiger partial charge in [-0.1, -0.05) is 57.1 Å². The molecule has 0 spiro atoms. The molecule has 0 aromatic carbocycles. The topological polar surface area (TPSA) is 129 Å². The van der Waals surface area contributed by atoms with Gasteiger partial charge in [0.05, 0.1) is 18.1 Å². The molecule has 9 nitrogen and oxygen atoms in total. The molecule has 0 aromatic rings. The van der Waals surface area contributed by atoms with E-state index in [2.05, 4.69) is 13.0 Å². The minimum atomic E-state index is -1.40. The van der Waals surface area contributed by atoms with Crippen molar-refractivity contribution in [3.63, 3.8) is 0 Å². The summed E-state index contributed by atoms with van der Waals surface area (Å²) in [7, 11) is 1.47. The van der Waals surface area contributed by atoms with Crippen LogP contribution in [0.5, 0.6) is 0 Å². The monoisotopic (exact) mass is 600 g/mol. The summed E-state index contributed by atoms with van der Waals surface area (Å²) in [6, 6.07) is 0. The molecule has 1 heterocycles. The normalized spacial score (nSPS) is 45.4. The predicted octanol–water partition coefficient (Wildman–Crippen LogP) is 4.48. The van der Waals surface area contributed by atoms with Crippen molar-refractivity contribution >= 4 is 18.2 Å². The van der Waals surface area contributed by atoms with Crippen LogP contribution in [0.1, 0.15) is 67.2 Å². The van der Waals surface area contributed by atoms with Crippen molar-refractivity contribution < 1.29 is 43.5 Å². The molecular formula is C34H48O9. The van der Waals surface area contributed by atoms with Gasteiger partial charge in [0.25, 0.3) is 0 Å². The molecule has 12 atom stereocenters. The van der Waals surface area contributed by atoms with Crippen molar-refractivity contribution in [3.8, 4) is 0 Å². The molecule has 0 radical (unpaired) electrons. The summed E-state index contributed by atoms with van der Waals surface area (Å²) in [5.41, 5.74) is -2.10. The number of ether oxygens (including phenoxy) is 4. The zero-order valence-electron chi connectivity index (χ0n) is 26.4. The fourth-order valence-corrected chi connectivity index (χ4v) is 9.98. The predicted molar refractivity (Wildman–Crippen MR) is 158 cm³/mol. The van der Waals surface area contributed by atoms with Crippen molar-refractivity contribution in [1.29, 1.82) is 0 Å². The van der Waals surface area contributed by atoms with Gasteiger partial charge in [-0.2, -0.15) is 0 Å². The second kappa shape index (κ2) is 11.5. The summed E-state index contributed by atoms with van der Waals surface area (Å²) in [5, 5.41) is 22.7. The Kier molecular flexibility index (Phi) is 8.61. The van der Waals surface area contributed by atoms with Crippen LogP contribution in [0.25, 0.3) is 0 Å². The minimum absolute atomic E-state index is 0.00476. The van der Waals surface area contributed by atoms with Crippen LogP contribution in [0.15, 0.2) is 35.5 Å². The number of methoxy groups -OCH3 is 1. The number of carboxylic acids is 1. The average Bonchev–Trinajstić information content (AvgIpc) is 3.54. The van der Waals surface area contributed by atoms with Gasteiger partial charge >= 0.3 is 11.9 Å². The third-order valence-electron chi connectivity index (χ3n) is 11.8. The average molecular weight is 601 g/mol. The number of fused-ring (bicyclic) bond motifs is 2. The van der Waals surface area contributed by atoms with E-state index >= 15 is 0 Å². The Labute approximate surface area is 254 Å². The van der Waals surface area contributed by atoms with Crippen LogP contribution in [0.2, 0.25) is 0 Å². The van der Waals surface area contributed by atoms with Gasteiger partial charge in [-0.15, -0.1) is 0 Å². The van der Waals surface area contributed by atoms with Crippen LogP contribution in [-0.4, -0.2) is 72.9 Å². The van der Waals surface area contributed by atoms with Gasteiger partial charge in [-0.05, 0) is 69.6 Å². The van der Waals surface area contributed by atoms with E-state index in [9.17, 15) is 24.6 Å². The number of aldehydes is 1. The molecule has 4 bridgehead atoms. The summed E-state index contributed by atoms with van der Waals surface area (Å²) in [4.78, 5) is 39.8. The maximum atomic E-state index is 13.7. The Morgan fingerprint density at radius 1 is 1.19 bits per heavy atom. The number of esters is 1. The number of rotatable bonds is 10. The lowest BCUT2D eigenvalue weighted by atomic mass is 9.43. The fourth-order valence-electron chi connectivity index (χ4n) is 9.98. The van der Waals surface area contributed by atoms with Crippen LogP contribution in [0.4, 0.5) is 0 Å². The molecule has 1 aliphatic heterocycles. The van der Waals surface area contributed by atoms with Crippen LogP contribution in [0, 0.1) is 45.8 Å². The van der Waals surface area contributed by atoms with E-state index in [1.54, 1.807) is 32.1 Å². The van der Waals surface area contributed by atoms with E-state index in [-0.39, 0.29) is 30.3 Å². The molecule has 43 heavy (non-hydrogen) atoms. The van der Waals surface area contributed by atoms with Crippen molar-refractivity contribution in [1.82, 2.24) is 0 Å². The molecule has 9 heteroatoms. The summed E-state index contributed by atoms with van der Waals surface area (Å²) in [6.45, 7) is 11.4. The maximum Gasteiger partial charge on any atom is 0.334 e. The number of carboxylic acid groups (broad SMARTS) is 1. The smallest absolute Gasteiger partial charge is 0.334 e. The molecule has 0 aromatic heterocycles. The minimum Gasteiger partial charge on any atom is -0.481 e. The summed E-state index contributed by atoms with van der Waals surface area (Å²) in [5.74, 6) is -1.17. The van der Waals surface area contributed by atoms with Crippen LogP contribution in [0.3, 0.4) is 0 Å². The zero-order chi connectivity index (χ0) is 31.5. The fraction of sp³-hybridized carbons (Fsp3) is 0.735. The van der Waals surface area contributed by atoms with E-state index < -0.39 is 58.9 Å². The Morgan fingerprint density at radius 3 is 2.51 bits per heavy atom. The van der Waals surface area contributed by atoms with E-state index in [4.69, 9.17) is 18.9 Å². The molecule has 0 amide bonds. The van der Waals surface area contributed by atoms with Gasteiger partial charge in [-0.25, -0.2) is 4.79 Å². The van der Waals surface area contributed by atoms with E-state index in [0.29, 0.717) is 24.3 Å². The molecule has 4 aliphatic carbocycles. The number of hydrogen-bond acceptors (Lipinski definition) is 8. The van der Waals surface area contributed by atoms with Crippen LogP contribution >= 0.6 is 0 Å². The lowest BCUT2D eigenvalue weighted by molar-refractivity contribution is -0.308. The molecule has 5 rings (SSSR count). The Bertz CT molecular complexity index is 1220. The first-order chi connectivity index (χ1) is 20.4. The second-order valence-corrected chi connectivity index (χ2v) is 13.9. The number of aliphatic hydroxyl groups is 1. The van der Waals surface area contributed by atoms with Gasteiger partial charge in [0, 0.05) is 18.1 Å². The molecule has 3 saturated carbocycles. The first-order valence-corrected chi connectivity index (χ1v) is 15.8. The van der Waals surface area contributed by atoms with Crippen molar-refractivity contribution in [3.05, 3.63) is 35.5 Å². The van der Waals surface area contributed by atoms with Gasteiger partial charge in [0.15, 0.2) is 12.4 Å². The Morgan fingerprint density at radius 2 is 1.91 bits per heavy atom. The second-order valence-electron chi connectivity index (χ2n) is 13.9. The molecular weight excluding hydrogens is 552 g/mol. The van der Waals surface area contributed by atoms with Crippen molar-refractivity contribution in [2.75, 3.05) is 13.7 Å². The first kappa shape index (κ1) is 32.1. The molecule has 5 aliphatic rings. The highest BCUT2D eigenvalue weighted by Crippen LogP contribution is 2.82. The summed E-state index contributed by atoms with van der Waals surface area (Å²) < 4.78 is 23.9. The van der Waals surface area contributed by atoms with Gasteiger partial charge in [0.2, 0.25) is 0 Å². The third kappa shape index (κ3) is 4.36. The standard InChI is InChI=1S/C34H48O9/c1-8-9-10-20(5)29(37)43-28-26(36)30(42-21(6)27(28)40-7)41-17-33-15-23-19(4)11-12-24(23)32(16-35)14-22(33)13-25(18(2)3)34(32,33)31(38)39/h8-10,13,16,18-19,21-24,26-28,30,36H,11-12,14-15,17H2,1-7H3,(H,38,39)/b9-8+,20-10-/t19-,21+,22+,23-,24-,26-,27-,28-,30-,32+,33+,34+/m1/s1. The Hall–Kier alpha value is -2.33. The Balaban J connectivity index is 1.49. The van der Waals surface area contributed by atoms with Crippen molar-refractivity contribution in [2.45, 2.75) is 97.9 Å². The maximum absolute atomic E-state index is 13.7. The molecule has 4 fully saturated rings. The van der Waals surface area contributed by atoms with Gasteiger partial charge in [-0.3, -0.25) is 4.79 Å². The lowest BCUT2D eigenvalue weighted by Crippen LogP contribution is -2.64. The molecule has 238 valence electrons. The van der Waals surface area contributed by atoms with E-state index in [1.165, 1.54) is 7.11 Å².